The van der Waals surface area contributed by atoms with Crippen LogP contribution in [0.2, 0.25) is 5.02 Å². The van der Waals surface area contributed by atoms with Crippen LogP contribution in [0.5, 0.6) is 0 Å². The Morgan fingerprint density at radius 2 is 2.23 bits per heavy atom. The Morgan fingerprint density at radius 3 is 2.86 bits per heavy atom. The van der Waals surface area contributed by atoms with Crippen LogP contribution in [-0.2, 0) is 17.6 Å². The zero-order valence-corrected chi connectivity index (χ0v) is 13.7. The van der Waals surface area contributed by atoms with Gasteiger partial charge in [-0.3, -0.25) is 4.79 Å². The molecule has 0 aliphatic heterocycles. The van der Waals surface area contributed by atoms with E-state index in [1.807, 2.05) is 16.8 Å². The highest BCUT2D eigenvalue weighted by Gasteiger charge is 2.22. The number of amides is 1. The van der Waals surface area contributed by atoms with Gasteiger partial charge in [0.05, 0.1) is 12.0 Å². The third-order valence-corrected chi connectivity index (χ3v) is 4.32. The molecule has 0 saturated heterocycles. The summed E-state index contributed by atoms with van der Waals surface area (Å²) in [4.78, 5) is 11.9. The number of hydrogen-bond donors (Lipinski definition) is 2. The molecular formula is C16H17ClFNO2S. The van der Waals surface area contributed by atoms with Gasteiger partial charge in [0.1, 0.15) is 5.82 Å². The van der Waals surface area contributed by atoms with Gasteiger partial charge in [-0.05, 0) is 41.4 Å². The molecule has 1 heterocycles. The first-order valence-corrected chi connectivity index (χ1v) is 8.12. The monoisotopic (exact) mass is 341 g/mol. The fraction of sp³-hybridized carbons (Fsp3) is 0.312. The van der Waals surface area contributed by atoms with Crippen molar-refractivity contribution in [2.24, 2.45) is 0 Å². The molecule has 118 valence electrons. The first kappa shape index (κ1) is 16.9. The van der Waals surface area contributed by atoms with E-state index in [-0.39, 0.29) is 29.5 Å². The van der Waals surface area contributed by atoms with E-state index < -0.39 is 11.4 Å². The molecule has 0 aliphatic rings. The van der Waals surface area contributed by atoms with Crippen LogP contribution in [-0.4, -0.2) is 23.2 Å². The van der Waals surface area contributed by atoms with Crippen molar-refractivity contribution in [2.45, 2.75) is 25.4 Å². The smallest absolute Gasteiger partial charge is 0.224 e. The van der Waals surface area contributed by atoms with Crippen LogP contribution in [0.25, 0.3) is 0 Å². The van der Waals surface area contributed by atoms with Crippen molar-refractivity contribution in [2.75, 3.05) is 6.54 Å². The lowest BCUT2D eigenvalue weighted by molar-refractivity contribution is -0.121. The molecule has 0 spiro atoms. The maximum absolute atomic E-state index is 13.6. The van der Waals surface area contributed by atoms with E-state index in [1.54, 1.807) is 24.3 Å². The van der Waals surface area contributed by atoms with Gasteiger partial charge in [0.25, 0.3) is 0 Å². The number of carbonyl (C=O) groups excluding carboxylic acids is 1. The van der Waals surface area contributed by atoms with Crippen LogP contribution in [0.3, 0.4) is 0 Å². The van der Waals surface area contributed by atoms with Crippen LogP contribution < -0.4 is 5.32 Å². The Balaban J connectivity index is 1.89. The van der Waals surface area contributed by atoms with Gasteiger partial charge in [0, 0.05) is 23.6 Å². The van der Waals surface area contributed by atoms with E-state index >= 15 is 0 Å². The Hall–Kier alpha value is -1.43. The lowest BCUT2D eigenvalue weighted by atomic mass is 9.98. The van der Waals surface area contributed by atoms with Gasteiger partial charge < -0.3 is 10.4 Å². The van der Waals surface area contributed by atoms with E-state index in [2.05, 4.69) is 5.32 Å². The van der Waals surface area contributed by atoms with E-state index in [0.717, 1.165) is 5.56 Å². The second kappa shape index (κ2) is 7.22. The van der Waals surface area contributed by atoms with Crippen LogP contribution in [0.1, 0.15) is 18.1 Å². The highest BCUT2D eigenvalue weighted by molar-refractivity contribution is 7.07. The summed E-state index contributed by atoms with van der Waals surface area (Å²) in [6, 6.07) is 6.23. The number of benzene rings is 1. The molecule has 1 aromatic carbocycles. The molecule has 6 heteroatoms. The fourth-order valence-electron chi connectivity index (χ4n) is 2.11. The largest absolute Gasteiger partial charge is 0.388 e. The molecule has 3 nitrogen and oxygen atoms in total. The van der Waals surface area contributed by atoms with E-state index in [0.29, 0.717) is 6.42 Å². The minimum Gasteiger partial charge on any atom is -0.388 e. The van der Waals surface area contributed by atoms with Crippen molar-refractivity contribution < 1.29 is 14.3 Å². The average molecular weight is 342 g/mol. The maximum Gasteiger partial charge on any atom is 0.224 e. The Labute approximate surface area is 137 Å². The molecule has 2 aromatic rings. The number of carbonyl (C=O) groups is 1. The zero-order valence-electron chi connectivity index (χ0n) is 12.1. The SMILES string of the molecule is CC(O)(CNC(=O)Cc1c(F)cccc1Cl)Cc1ccsc1. The van der Waals surface area contributed by atoms with Crippen molar-refractivity contribution >= 4 is 28.8 Å². The fourth-order valence-corrected chi connectivity index (χ4v) is 3.01. The number of thiophene rings is 1. The maximum atomic E-state index is 13.6. The van der Waals surface area contributed by atoms with Gasteiger partial charge in [-0.25, -0.2) is 4.39 Å². The van der Waals surface area contributed by atoms with Crippen molar-refractivity contribution in [3.05, 3.63) is 57.0 Å². The normalized spacial score (nSPS) is 13.6. The lowest BCUT2D eigenvalue weighted by Crippen LogP contribution is -2.42. The summed E-state index contributed by atoms with van der Waals surface area (Å²) in [5.74, 6) is -0.884. The zero-order chi connectivity index (χ0) is 16.2. The van der Waals surface area contributed by atoms with E-state index in [9.17, 15) is 14.3 Å². The molecule has 0 bridgehead atoms. The average Bonchev–Trinajstić information content (AvgIpc) is 2.93. The predicted octanol–water partition coefficient (Wildman–Crippen LogP) is 3.19. The summed E-state index contributed by atoms with van der Waals surface area (Å²) in [7, 11) is 0. The van der Waals surface area contributed by atoms with Crippen LogP contribution >= 0.6 is 22.9 Å². The highest BCUT2D eigenvalue weighted by atomic mass is 35.5. The first-order chi connectivity index (χ1) is 10.4. The van der Waals surface area contributed by atoms with Crippen molar-refractivity contribution in [1.82, 2.24) is 5.32 Å². The topological polar surface area (TPSA) is 49.3 Å². The second-order valence-corrected chi connectivity index (χ2v) is 6.65. The molecule has 0 radical (unpaired) electrons. The van der Waals surface area contributed by atoms with Gasteiger partial charge >= 0.3 is 0 Å². The third-order valence-electron chi connectivity index (χ3n) is 3.23. The van der Waals surface area contributed by atoms with Crippen LogP contribution in [0, 0.1) is 5.82 Å². The molecule has 2 rings (SSSR count). The lowest BCUT2D eigenvalue weighted by Gasteiger charge is -2.23. The summed E-state index contributed by atoms with van der Waals surface area (Å²) in [6.07, 6.45) is 0.289. The molecule has 1 aromatic heterocycles. The second-order valence-electron chi connectivity index (χ2n) is 5.46. The number of hydrogen-bond acceptors (Lipinski definition) is 3. The van der Waals surface area contributed by atoms with Gasteiger partial charge in [-0.2, -0.15) is 11.3 Å². The van der Waals surface area contributed by atoms with Crippen molar-refractivity contribution in [3.63, 3.8) is 0 Å². The Bertz CT molecular complexity index is 623. The predicted molar refractivity (Wildman–Crippen MR) is 86.8 cm³/mol. The number of nitrogens with one attached hydrogen (secondary N) is 1. The standard InChI is InChI=1S/C16H17ClFNO2S/c1-16(21,8-11-5-6-22-9-11)10-19-15(20)7-12-13(17)3-2-4-14(12)18/h2-6,9,21H,7-8,10H2,1H3,(H,19,20). The molecule has 1 atom stereocenters. The summed E-state index contributed by atoms with van der Waals surface area (Å²) < 4.78 is 13.6. The summed E-state index contributed by atoms with van der Waals surface area (Å²) in [6.45, 7) is 1.74. The number of rotatable bonds is 6. The minimum absolute atomic E-state index is 0.0910. The summed E-state index contributed by atoms with van der Waals surface area (Å²) in [5.41, 5.74) is 0.121. The molecule has 0 aliphatic carbocycles. The first-order valence-electron chi connectivity index (χ1n) is 6.80. The third kappa shape index (κ3) is 4.80. The molecular weight excluding hydrogens is 325 g/mol. The van der Waals surface area contributed by atoms with Gasteiger partial charge in [0.2, 0.25) is 5.91 Å². The number of aliphatic hydroxyl groups is 1. The minimum atomic E-state index is -1.06. The van der Waals surface area contributed by atoms with Crippen LogP contribution in [0.4, 0.5) is 4.39 Å². The van der Waals surface area contributed by atoms with Crippen molar-refractivity contribution in [3.8, 4) is 0 Å². The highest BCUT2D eigenvalue weighted by Crippen LogP contribution is 2.19. The molecule has 0 saturated carbocycles. The Kier molecular flexibility index (Phi) is 5.56. The summed E-state index contributed by atoms with van der Waals surface area (Å²) in [5, 5.41) is 17.0. The van der Waals surface area contributed by atoms with Gasteiger partial charge in [-0.15, -0.1) is 0 Å². The van der Waals surface area contributed by atoms with E-state index in [4.69, 9.17) is 11.6 Å². The van der Waals surface area contributed by atoms with E-state index in [1.165, 1.54) is 12.1 Å². The van der Waals surface area contributed by atoms with Crippen molar-refractivity contribution in [1.29, 1.82) is 0 Å². The van der Waals surface area contributed by atoms with Gasteiger partial charge in [0.15, 0.2) is 0 Å². The quantitative estimate of drug-likeness (QED) is 0.847. The molecule has 1 unspecified atom stereocenters. The molecule has 2 N–H and O–H groups in total. The van der Waals surface area contributed by atoms with Gasteiger partial charge in [-0.1, -0.05) is 17.7 Å². The molecule has 1 amide bonds. The van der Waals surface area contributed by atoms with Crippen LogP contribution in [0.15, 0.2) is 35.0 Å². The Morgan fingerprint density at radius 1 is 1.45 bits per heavy atom. The molecule has 0 fully saturated rings. The molecule has 22 heavy (non-hydrogen) atoms. The number of halogens is 2. The summed E-state index contributed by atoms with van der Waals surface area (Å²) >= 11 is 7.45.